The van der Waals surface area contributed by atoms with Gasteiger partial charge in [-0.25, -0.2) is 8.78 Å². The van der Waals surface area contributed by atoms with E-state index in [4.69, 9.17) is 5.73 Å². The smallest absolute Gasteiger partial charge is 0.193 e. The Balaban J connectivity index is 0.00000274. The number of aromatic nitrogens is 1. The minimum absolute atomic E-state index is 0. The first kappa shape index (κ1) is 24.1. The average molecular weight is 482 g/mol. The fourth-order valence-corrected chi connectivity index (χ4v) is 4.70. The molecular weight excluding hydrogens is 456 g/mol. The first-order valence-electron chi connectivity index (χ1n) is 11.2. The van der Waals surface area contributed by atoms with Crippen molar-refractivity contribution in [3.63, 3.8) is 0 Å². The second-order valence-electron chi connectivity index (χ2n) is 8.69. The van der Waals surface area contributed by atoms with Crippen LogP contribution in [0.4, 0.5) is 8.78 Å². The van der Waals surface area contributed by atoms with Crippen LogP contribution in [0.25, 0.3) is 10.9 Å². The molecule has 0 amide bonds. The fraction of sp³-hybridized carbons (Fsp3) is 0.222. The van der Waals surface area contributed by atoms with Gasteiger partial charge in [0.2, 0.25) is 0 Å². The lowest BCUT2D eigenvalue weighted by atomic mass is 9.87. The van der Waals surface area contributed by atoms with Crippen LogP contribution in [-0.2, 0) is 12.8 Å². The van der Waals surface area contributed by atoms with Gasteiger partial charge in [0.05, 0.1) is 0 Å². The van der Waals surface area contributed by atoms with Crippen molar-refractivity contribution < 1.29 is 13.6 Å². The van der Waals surface area contributed by atoms with Crippen molar-refractivity contribution in [2.45, 2.75) is 31.3 Å². The van der Waals surface area contributed by atoms with Crippen molar-refractivity contribution in [3.05, 3.63) is 106 Å². The molecule has 5 rings (SSSR count). The summed E-state index contributed by atoms with van der Waals surface area (Å²) >= 11 is 0. The molecule has 1 aliphatic rings. The van der Waals surface area contributed by atoms with Gasteiger partial charge in [0.1, 0.15) is 11.6 Å². The summed E-state index contributed by atoms with van der Waals surface area (Å²) in [6.07, 6.45) is 2.42. The highest BCUT2D eigenvalue weighted by Crippen LogP contribution is 2.34. The predicted octanol–water partition coefficient (Wildman–Crippen LogP) is 5.25. The third kappa shape index (κ3) is 4.89. The largest absolute Gasteiger partial charge is 0.357 e. The summed E-state index contributed by atoms with van der Waals surface area (Å²) in [5.41, 5.74) is 11.7. The van der Waals surface area contributed by atoms with Gasteiger partial charge in [-0.15, -0.1) is 12.4 Å². The highest BCUT2D eigenvalue weighted by atomic mass is 35.5. The minimum atomic E-state index is -0.367. The normalized spacial score (nSPS) is 17.3. The molecule has 0 aliphatic heterocycles. The predicted molar refractivity (Wildman–Crippen MR) is 133 cm³/mol. The van der Waals surface area contributed by atoms with E-state index in [1.165, 1.54) is 36.4 Å². The summed E-state index contributed by atoms with van der Waals surface area (Å²) in [5, 5.41) is 4.59. The Morgan fingerprint density at radius 2 is 1.62 bits per heavy atom. The van der Waals surface area contributed by atoms with Gasteiger partial charge in [0, 0.05) is 39.8 Å². The Morgan fingerprint density at radius 3 is 2.32 bits per heavy atom. The standard InChI is InChI=1S/C27H25F2N3O.ClH/c28-19-6-1-16(2-7-19)11-12-31-21-14-23-22-13-18(27(33)17-3-8-20(29)9-4-17)5-10-25(22)32-26(23)24(30)15-21;/h1-10,13,21,24,31-32H,11-12,14-15,30H2;1H. The summed E-state index contributed by atoms with van der Waals surface area (Å²) in [6, 6.07) is 17.9. The van der Waals surface area contributed by atoms with Crippen LogP contribution >= 0.6 is 12.4 Å². The van der Waals surface area contributed by atoms with Crippen molar-refractivity contribution in [2.24, 2.45) is 5.73 Å². The number of aromatic amines is 1. The second-order valence-corrected chi connectivity index (χ2v) is 8.69. The van der Waals surface area contributed by atoms with Crippen molar-refractivity contribution in [3.8, 4) is 0 Å². The maximum absolute atomic E-state index is 13.2. The molecular formula is C27H26ClF2N3O. The summed E-state index contributed by atoms with van der Waals surface area (Å²) in [4.78, 5) is 16.4. The number of hydrogen-bond acceptors (Lipinski definition) is 3. The first-order chi connectivity index (χ1) is 16.0. The molecule has 4 aromatic rings. The third-order valence-electron chi connectivity index (χ3n) is 6.43. The molecule has 0 fully saturated rings. The van der Waals surface area contributed by atoms with Crippen LogP contribution in [0.15, 0.2) is 66.7 Å². The van der Waals surface area contributed by atoms with Gasteiger partial charge in [0.15, 0.2) is 5.78 Å². The molecule has 3 aromatic carbocycles. The Bertz CT molecular complexity index is 1300. The SMILES string of the molecule is Cl.NC1CC(NCCc2ccc(F)cc2)Cc2c1[nH]c1ccc(C(=O)c3ccc(F)cc3)cc21. The summed E-state index contributed by atoms with van der Waals surface area (Å²) in [6.45, 7) is 0.773. The Labute approximate surface area is 203 Å². The lowest BCUT2D eigenvalue weighted by Crippen LogP contribution is -2.39. The van der Waals surface area contributed by atoms with Gasteiger partial charge in [-0.05, 0) is 91.5 Å². The quantitative estimate of drug-likeness (QED) is 0.329. The topological polar surface area (TPSA) is 70.9 Å². The van der Waals surface area contributed by atoms with Gasteiger partial charge in [0.25, 0.3) is 0 Å². The number of fused-ring (bicyclic) bond motifs is 3. The van der Waals surface area contributed by atoms with Gasteiger partial charge in [-0.3, -0.25) is 4.79 Å². The van der Waals surface area contributed by atoms with E-state index < -0.39 is 0 Å². The van der Waals surface area contributed by atoms with E-state index in [1.807, 2.05) is 12.1 Å². The lowest BCUT2D eigenvalue weighted by Gasteiger charge is -2.28. The van der Waals surface area contributed by atoms with Gasteiger partial charge >= 0.3 is 0 Å². The molecule has 2 unspecified atom stereocenters. The van der Waals surface area contributed by atoms with E-state index in [1.54, 1.807) is 18.2 Å². The van der Waals surface area contributed by atoms with Gasteiger partial charge < -0.3 is 16.0 Å². The van der Waals surface area contributed by atoms with Gasteiger partial charge in [-0.1, -0.05) is 12.1 Å². The number of ketones is 1. The van der Waals surface area contributed by atoms with Crippen LogP contribution < -0.4 is 11.1 Å². The van der Waals surface area contributed by atoms with Crippen LogP contribution in [0.5, 0.6) is 0 Å². The van der Waals surface area contributed by atoms with Crippen LogP contribution in [0.2, 0.25) is 0 Å². The molecule has 1 aromatic heterocycles. The van der Waals surface area contributed by atoms with Crippen LogP contribution in [0, 0.1) is 11.6 Å². The van der Waals surface area contributed by atoms with Crippen molar-refractivity contribution in [2.75, 3.05) is 6.54 Å². The monoisotopic (exact) mass is 481 g/mol. The fourth-order valence-electron chi connectivity index (χ4n) is 4.70. The molecule has 34 heavy (non-hydrogen) atoms. The zero-order chi connectivity index (χ0) is 22.9. The van der Waals surface area contributed by atoms with Crippen LogP contribution in [-0.4, -0.2) is 23.4 Å². The number of halogens is 3. The molecule has 176 valence electrons. The Hall–Kier alpha value is -3.06. The van der Waals surface area contributed by atoms with E-state index >= 15 is 0 Å². The molecule has 0 spiro atoms. The molecule has 7 heteroatoms. The number of carbonyl (C=O) groups is 1. The van der Waals surface area contributed by atoms with E-state index in [-0.39, 0.29) is 41.9 Å². The van der Waals surface area contributed by atoms with E-state index in [0.717, 1.165) is 53.5 Å². The van der Waals surface area contributed by atoms with E-state index in [9.17, 15) is 13.6 Å². The first-order valence-corrected chi connectivity index (χ1v) is 11.2. The maximum Gasteiger partial charge on any atom is 0.193 e. The molecule has 1 aliphatic carbocycles. The number of rotatable bonds is 6. The molecule has 0 saturated carbocycles. The second kappa shape index (κ2) is 10.1. The molecule has 4 nitrogen and oxygen atoms in total. The third-order valence-corrected chi connectivity index (χ3v) is 6.43. The minimum Gasteiger partial charge on any atom is -0.357 e. The van der Waals surface area contributed by atoms with Crippen molar-refractivity contribution in [1.82, 2.24) is 10.3 Å². The summed E-state index contributed by atoms with van der Waals surface area (Å²) in [5.74, 6) is -0.733. The Morgan fingerprint density at radius 1 is 0.971 bits per heavy atom. The highest BCUT2D eigenvalue weighted by Gasteiger charge is 2.28. The Kier molecular flexibility index (Phi) is 7.12. The molecule has 1 heterocycles. The maximum atomic E-state index is 13.2. The van der Waals surface area contributed by atoms with Crippen LogP contribution in [0.3, 0.4) is 0 Å². The molecule has 0 saturated heterocycles. The molecule has 2 atom stereocenters. The number of H-pyrrole nitrogens is 1. The van der Waals surface area contributed by atoms with E-state index in [2.05, 4.69) is 10.3 Å². The summed E-state index contributed by atoms with van der Waals surface area (Å²) < 4.78 is 26.3. The summed E-state index contributed by atoms with van der Waals surface area (Å²) in [7, 11) is 0. The molecule has 0 bridgehead atoms. The van der Waals surface area contributed by atoms with Crippen molar-refractivity contribution >= 4 is 29.1 Å². The molecule has 4 N–H and O–H groups in total. The number of benzene rings is 3. The highest BCUT2D eigenvalue weighted by molar-refractivity contribution is 6.10. The number of carbonyl (C=O) groups excluding carboxylic acids is 1. The average Bonchev–Trinajstić information content (AvgIpc) is 3.19. The zero-order valence-electron chi connectivity index (χ0n) is 18.5. The van der Waals surface area contributed by atoms with Crippen molar-refractivity contribution in [1.29, 1.82) is 0 Å². The lowest BCUT2D eigenvalue weighted by molar-refractivity contribution is 0.103. The van der Waals surface area contributed by atoms with Gasteiger partial charge in [-0.2, -0.15) is 0 Å². The van der Waals surface area contributed by atoms with E-state index in [0.29, 0.717) is 11.1 Å². The molecule has 0 radical (unpaired) electrons. The number of nitrogens with one attached hydrogen (secondary N) is 2. The zero-order valence-corrected chi connectivity index (χ0v) is 19.3. The number of hydrogen-bond donors (Lipinski definition) is 3. The number of nitrogens with two attached hydrogens (primary N) is 1. The van der Waals surface area contributed by atoms with Crippen LogP contribution in [0.1, 0.15) is 45.2 Å².